The van der Waals surface area contributed by atoms with Gasteiger partial charge in [-0.3, -0.25) is 19.6 Å². The molecule has 0 aliphatic rings. The molecule has 0 spiro atoms. The number of hydrogen-bond acceptors (Lipinski definition) is 4. The largest absolute Gasteiger partial charge is 0.355 e. The second-order valence-corrected chi connectivity index (χ2v) is 7.43. The van der Waals surface area contributed by atoms with Gasteiger partial charge in [0, 0.05) is 46.6 Å². The highest BCUT2D eigenvalue weighted by atomic mass is 16.2. The minimum atomic E-state index is -0.255. The van der Waals surface area contributed by atoms with Crippen molar-refractivity contribution < 1.29 is 9.59 Å². The van der Waals surface area contributed by atoms with Crippen LogP contribution in [-0.2, 0) is 0 Å². The van der Waals surface area contributed by atoms with E-state index >= 15 is 0 Å². The van der Waals surface area contributed by atoms with E-state index in [1.807, 2.05) is 48.5 Å². The first-order valence-corrected chi connectivity index (χ1v) is 10.3. The molecular weight excluding hydrogens is 414 g/mol. The van der Waals surface area contributed by atoms with E-state index in [9.17, 15) is 9.59 Å². The van der Waals surface area contributed by atoms with Crippen LogP contribution in [0.2, 0.25) is 0 Å². The van der Waals surface area contributed by atoms with Gasteiger partial charge < -0.3 is 15.6 Å². The smallest absolute Gasteiger partial charge is 0.274 e. The van der Waals surface area contributed by atoms with Crippen LogP contribution < -0.4 is 10.6 Å². The molecule has 0 saturated carbocycles. The monoisotopic (exact) mass is 433 g/mol. The van der Waals surface area contributed by atoms with Gasteiger partial charge in [0.15, 0.2) is 0 Å². The molecule has 0 aliphatic heterocycles. The number of aromatic nitrogens is 3. The molecule has 33 heavy (non-hydrogen) atoms. The molecule has 3 aromatic heterocycles. The molecule has 5 aromatic rings. The number of pyridine rings is 2. The summed E-state index contributed by atoms with van der Waals surface area (Å²) >= 11 is 0. The van der Waals surface area contributed by atoms with E-state index in [0.29, 0.717) is 22.6 Å². The van der Waals surface area contributed by atoms with Crippen LogP contribution in [0.5, 0.6) is 0 Å². The van der Waals surface area contributed by atoms with Gasteiger partial charge in [0.05, 0.1) is 5.56 Å². The van der Waals surface area contributed by atoms with Crippen LogP contribution in [0.4, 0.5) is 11.4 Å². The predicted octanol–water partition coefficient (Wildman–Crippen LogP) is 5.13. The van der Waals surface area contributed by atoms with E-state index in [4.69, 9.17) is 0 Å². The molecule has 0 saturated heterocycles. The number of anilines is 2. The van der Waals surface area contributed by atoms with Crippen molar-refractivity contribution in [2.45, 2.75) is 0 Å². The highest BCUT2D eigenvalue weighted by Crippen LogP contribution is 2.27. The molecule has 0 bridgehead atoms. The Balaban J connectivity index is 1.31. The zero-order valence-corrected chi connectivity index (χ0v) is 17.4. The SMILES string of the molecule is O=C(Nc1ccc2[nH]c(-c3ccc(NC(=O)c4ccccn4)cc3)cc2c1)c1cccnc1. The Morgan fingerprint density at radius 3 is 2.33 bits per heavy atom. The molecule has 0 fully saturated rings. The summed E-state index contributed by atoms with van der Waals surface area (Å²) in [6.07, 6.45) is 4.75. The summed E-state index contributed by atoms with van der Waals surface area (Å²) < 4.78 is 0. The van der Waals surface area contributed by atoms with Gasteiger partial charge in [-0.25, -0.2) is 0 Å². The topological polar surface area (TPSA) is 99.8 Å². The fourth-order valence-corrected chi connectivity index (χ4v) is 3.49. The number of fused-ring (bicyclic) bond motifs is 1. The van der Waals surface area contributed by atoms with Crippen LogP contribution >= 0.6 is 0 Å². The number of H-pyrrole nitrogens is 1. The number of nitrogens with one attached hydrogen (secondary N) is 3. The van der Waals surface area contributed by atoms with Crippen LogP contribution in [0.3, 0.4) is 0 Å². The highest BCUT2D eigenvalue weighted by molar-refractivity contribution is 6.05. The third kappa shape index (κ3) is 4.47. The fourth-order valence-electron chi connectivity index (χ4n) is 3.49. The number of carbonyl (C=O) groups excluding carboxylic acids is 2. The minimum Gasteiger partial charge on any atom is -0.355 e. The maximum absolute atomic E-state index is 12.4. The third-order valence-electron chi connectivity index (χ3n) is 5.15. The number of carbonyl (C=O) groups is 2. The Bertz CT molecular complexity index is 1430. The standard InChI is InChI=1S/C26H19N5O2/c32-25(18-4-3-12-27-16-18)30-21-10-11-22-19(14-21)15-24(31-22)17-6-8-20(9-7-17)29-26(33)23-5-1-2-13-28-23/h1-16,31H,(H,29,33)(H,30,32). The zero-order chi connectivity index (χ0) is 22.6. The first-order chi connectivity index (χ1) is 16.2. The van der Waals surface area contributed by atoms with Crippen LogP contribution in [0, 0.1) is 0 Å². The van der Waals surface area contributed by atoms with E-state index in [0.717, 1.165) is 22.2 Å². The number of hydrogen-bond donors (Lipinski definition) is 3. The summed E-state index contributed by atoms with van der Waals surface area (Å²) in [4.78, 5) is 36.1. The summed E-state index contributed by atoms with van der Waals surface area (Å²) in [6.45, 7) is 0. The van der Waals surface area contributed by atoms with E-state index < -0.39 is 0 Å². The normalized spacial score (nSPS) is 10.7. The second kappa shape index (κ2) is 8.76. The molecule has 0 aliphatic carbocycles. The lowest BCUT2D eigenvalue weighted by atomic mass is 10.1. The number of amides is 2. The number of aromatic amines is 1. The lowest BCUT2D eigenvalue weighted by molar-refractivity contribution is 0.101. The highest BCUT2D eigenvalue weighted by Gasteiger charge is 2.10. The summed E-state index contributed by atoms with van der Waals surface area (Å²) in [6, 6.07) is 24.0. The van der Waals surface area contributed by atoms with Crippen molar-refractivity contribution in [1.82, 2.24) is 15.0 Å². The van der Waals surface area contributed by atoms with Crippen molar-refractivity contribution in [2.24, 2.45) is 0 Å². The van der Waals surface area contributed by atoms with Gasteiger partial charge in [-0.1, -0.05) is 18.2 Å². The minimum absolute atomic E-state index is 0.207. The first-order valence-electron chi connectivity index (χ1n) is 10.3. The lowest BCUT2D eigenvalue weighted by Gasteiger charge is -2.05. The Morgan fingerprint density at radius 1 is 0.758 bits per heavy atom. The van der Waals surface area contributed by atoms with Gasteiger partial charge in [-0.2, -0.15) is 0 Å². The lowest BCUT2D eigenvalue weighted by Crippen LogP contribution is -2.13. The van der Waals surface area contributed by atoms with Gasteiger partial charge in [0.2, 0.25) is 0 Å². The average molecular weight is 433 g/mol. The summed E-state index contributed by atoms with van der Waals surface area (Å²) in [5.41, 5.74) is 5.12. The molecule has 3 N–H and O–H groups in total. The van der Waals surface area contributed by atoms with Crippen molar-refractivity contribution in [3.63, 3.8) is 0 Å². The number of rotatable bonds is 5. The third-order valence-corrected chi connectivity index (χ3v) is 5.15. The van der Waals surface area contributed by atoms with Crippen LogP contribution in [0.25, 0.3) is 22.2 Å². The Labute approximate surface area is 189 Å². The molecule has 0 atom stereocenters. The number of benzene rings is 2. The maximum atomic E-state index is 12.4. The van der Waals surface area contributed by atoms with Crippen LogP contribution in [0.1, 0.15) is 20.8 Å². The molecule has 2 aromatic carbocycles. The van der Waals surface area contributed by atoms with Crippen molar-refractivity contribution >= 4 is 34.1 Å². The van der Waals surface area contributed by atoms with Crippen LogP contribution in [-0.4, -0.2) is 26.8 Å². The second-order valence-electron chi connectivity index (χ2n) is 7.43. The summed E-state index contributed by atoms with van der Waals surface area (Å²) in [5.74, 6) is -0.462. The molecule has 5 rings (SSSR count). The Hall–Kier alpha value is -4.78. The van der Waals surface area contributed by atoms with E-state index in [-0.39, 0.29) is 11.8 Å². The Kier molecular flexibility index (Phi) is 5.35. The van der Waals surface area contributed by atoms with Crippen molar-refractivity contribution in [1.29, 1.82) is 0 Å². The van der Waals surface area contributed by atoms with Crippen molar-refractivity contribution in [2.75, 3.05) is 10.6 Å². The van der Waals surface area contributed by atoms with Gasteiger partial charge >= 0.3 is 0 Å². The molecule has 2 amide bonds. The summed E-state index contributed by atoms with van der Waals surface area (Å²) in [7, 11) is 0. The van der Waals surface area contributed by atoms with E-state index in [2.05, 4.69) is 25.6 Å². The van der Waals surface area contributed by atoms with Crippen molar-refractivity contribution in [3.05, 3.63) is 109 Å². The van der Waals surface area contributed by atoms with Gasteiger partial charge in [0.1, 0.15) is 5.69 Å². The Morgan fingerprint density at radius 2 is 1.58 bits per heavy atom. The van der Waals surface area contributed by atoms with Gasteiger partial charge in [0.25, 0.3) is 11.8 Å². The summed E-state index contributed by atoms with van der Waals surface area (Å²) in [5, 5.41) is 6.72. The first kappa shape index (κ1) is 20.1. The maximum Gasteiger partial charge on any atom is 0.274 e. The molecular formula is C26H19N5O2. The molecule has 3 heterocycles. The van der Waals surface area contributed by atoms with Gasteiger partial charge in [-0.15, -0.1) is 0 Å². The molecule has 7 heteroatoms. The molecule has 160 valence electrons. The van der Waals surface area contributed by atoms with E-state index in [1.165, 1.54) is 6.20 Å². The predicted molar refractivity (Wildman–Crippen MR) is 128 cm³/mol. The van der Waals surface area contributed by atoms with Crippen molar-refractivity contribution in [3.8, 4) is 11.3 Å². The number of nitrogens with zero attached hydrogens (tertiary/aromatic N) is 2. The molecule has 0 radical (unpaired) electrons. The van der Waals surface area contributed by atoms with Gasteiger partial charge in [-0.05, 0) is 66.2 Å². The van der Waals surface area contributed by atoms with E-state index in [1.54, 1.807) is 42.7 Å². The fraction of sp³-hybridized carbons (Fsp3) is 0. The zero-order valence-electron chi connectivity index (χ0n) is 17.4. The quantitative estimate of drug-likeness (QED) is 0.358. The molecule has 0 unspecified atom stereocenters. The molecule has 7 nitrogen and oxygen atoms in total. The average Bonchev–Trinajstić information content (AvgIpc) is 3.29. The van der Waals surface area contributed by atoms with Crippen LogP contribution in [0.15, 0.2) is 97.5 Å².